The number of halogens is 1. The first-order valence-electron chi connectivity index (χ1n) is 5.19. The van der Waals surface area contributed by atoms with Crippen LogP contribution < -0.4 is 5.32 Å². The monoisotopic (exact) mass is 253 g/mol. The minimum atomic E-state index is 0.540. The summed E-state index contributed by atoms with van der Waals surface area (Å²) in [5.74, 6) is 0.711. The number of hydrogen-bond acceptors (Lipinski definition) is 1. The van der Waals surface area contributed by atoms with Gasteiger partial charge in [-0.25, -0.2) is 0 Å². The molecule has 1 aromatic carbocycles. The topological polar surface area (TPSA) is 12.0 Å². The Kier molecular flexibility index (Phi) is 2.93. The largest absolute Gasteiger partial charge is 0.313 e. The lowest BCUT2D eigenvalue weighted by atomic mass is 9.81. The van der Waals surface area contributed by atoms with Crippen LogP contribution in [0.4, 0.5) is 0 Å². The average Bonchev–Trinajstić information content (AvgIpc) is 2.18. The maximum atomic E-state index is 3.54. The molecule has 2 unspecified atom stereocenters. The summed E-state index contributed by atoms with van der Waals surface area (Å²) < 4.78 is 1.19. The van der Waals surface area contributed by atoms with Crippen molar-refractivity contribution in [1.29, 1.82) is 0 Å². The van der Waals surface area contributed by atoms with E-state index >= 15 is 0 Å². The van der Waals surface area contributed by atoms with Crippen molar-refractivity contribution in [3.8, 4) is 0 Å². The molecule has 0 amide bonds. The number of fused-ring (bicyclic) bond motifs is 1. The first kappa shape index (κ1) is 10.2. The first-order chi connectivity index (χ1) is 6.72. The molecule has 0 aromatic heterocycles. The summed E-state index contributed by atoms with van der Waals surface area (Å²) in [5.41, 5.74) is 2.99. The van der Waals surface area contributed by atoms with Crippen molar-refractivity contribution in [2.45, 2.75) is 31.7 Å². The van der Waals surface area contributed by atoms with Crippen LogP contribution in [-0.2, 0) is 0 Å². The fourth-order valence-electron chi connectivity index (χ4n) is 2.32. The molecule has 0 aliphatic heterocycles. The van der Waals surface area contributed by atoms with E-state index in [9.17, 15) is 0 Å². The highest BCUT2D eigenvalue weighted by Crippen LogP contribution is 2.38. The Labute approximate surface area is 94.0 Å². The fraction of sp³-hybridized carbons (Fsp3) is 0.500. The van der Waals surface area contributed by atoms with Crippen molar-refractivity contribution in [1.82, 2.24) is 5.32 Å². The molecule has 0 heterocycles. The van der Waals surface area contributed by atoms with Gasteiger partial charge in [0.05, 0.1) is 0 Å². The molecule has 0 bridgehead atoms. The quantitative estimate of drug-likeness (QED) is 0.807. The molecule has 0 saturated carbocycles. The van der Waals surface area contributed by atoms with Crippen LogP contribution in [0.5, 0.6) is 0 Å². The SMILES string of the molecule is CNC1CCC(C)c2ccc(Br)cc21. The van der Waals surface area contributed by atoms with Crippen LogP contribution in [0.15, 0.2) is 22.7 Å². The normalized spacial score (nSPS) is 25.9. The summed E-state index contributed by atoms with van der Waals surface area (Å²) in [6.45, 7) is 2.32. The highest BCUT2D eigenvalue weighted by Gasteiger charge is 2.23. The van der Waals surface area contributed by atoms with Gasteiger partial charge in [-0.15, -0.1) is 0 Å². The lowest BCUT2D eigenvalue weighted by Crippen LogP contribution is -2.22. The number of rotatable bonds is 1. The Morgan fingerprint density at radius 2 is 2.07 bits per heavy atom. The molecule has 76 valence electrons. The third-order valence-corrected chi connectivity index (χ3v) is 3.69. The van der Waals surface area contributed by atoms with Crippen LogP contribution in [0.3, 0.4) is 0 Å². The van der Waals surface area contributed by atoms with Crippen LogP contribution in [0.1, 0.15) is 42.9 Å². The van der Waals surface area contributed by atoms with Crippen molar-refractivity contribution in [3.05, 3.63) is 33.8 Å². The standard InChI is InChI=1S/C12H16BrN/c1-8-3-6-12(14-2)11-7-9(13)4-5-10(8)11/h4-5,7-8,12,14H,3,6H2,1-2H3. The number of nitrogens with one attached hydrogen (secondary N) is 1. The highest BCUT2D eigenvalue weighted by molar-refractivity contribution is 9.10. The lowest BCUT2D eigenvalue weighted by molar-refractivity contribution is 0.459. The molecule has 1 aliphatic rings. The van der Waals surface area contributed by atoms with E-state index in [1.54, 1.807) is 0 Å². The van der Waals surface area contributed by atoms with Crippen LogP contribution in [0.25, 0.3) is 0 Å². The molecule has 0 spiro atoms. The molecule has 14 heavy (non-hydrogen) atoms. The average molecular weight is 254 g/mol. The summed E-state index contributed by atoms with van der Waals surface area (Å²) in [4.78, 5) is 0. The van der Waals surface area contributed by atoms with Gasteiger partial charge in [0.15, 0.2) is 0 Å². The Morgan fingerprint density at radius 1 is 1.29 bits per heavy atom. The van der Waals surface area contributed by atoms with E-state index in [0.717, 1.165) is 0 Å². The van der Waals surface area contributed by atoms with E-state index in [-0.39, 0.29) is 0 Å². The van der Waals surface area contributed by atoms with Crippen molar-refractivity contribution in [2.75, 3.05) is 7.05 Å². The van der Waals surface area contributed by atoms with Gasteiger partial charge in [-0.1, -0.05) is 28.9 Å². The molecule has 2 rings (SSSR count). The van der Waals surface area contributed by atoms with Crippen LogP contribution >= 0.6 is 15.9 Å². The zero-order valence-corrected chi connectivity index (χ0v) is 10.3. The van der Waals surface area contributed by atoms with Gasteiger partial charge in [-0.2, -0.15) is 0 Å². The summed E-state index contributed by atoms with van der Waals surface area (Å²) in [6.07, 6.45) is 2.54. The third-order valence-electron chi connectivity index (χ3n) is 3.19. The minimum Gasteiger partial charge on any atom is -0.313 e. The molecule has 0 fully saturated rings. The van der Waals surface area contributed by atoms with E-state index < -0.39 is 0 Å². The molecule has 1 nitrogen and oxygen atoms in total. The highest BCUT2D eigenvalue weighted by atomic mass is 79.9. The van der Waals surface area contributed by atoms with E-state index in [1.165, 1.54) is 28.4 Å². The van der Waals surface area contributed by atoms with Gasteiger partial charge in [0.1, 0.15) is 0 Å². The Balaban J connectivity index is 2.46. The molecule has 2 heteroatoms. The van der Waals surface area contributed by atoms with Gasteiger partial charge >= 0.3 is 0 Å². The van der Waals surface area contributed by atoms with Crippen molar-refractivity contribution in [2.24, 2.45) is 0 Å². The number of hydrogen-bond donors (Lipinski definition) is 1. The van der Waals surface area contributed by atoms with Gasteiger partial charge < -0.3 is 5.32 Å². The van der Waals surface area contributed by atoms with Crippen LogP contribution in [0, 0.1) is 0 Å². The first-order valence-corrected chi connectivity index (χ1v) is 5.98. The van der Waals surface area contributed by atoms with Crippen molar-refractivity contribution < 1.29 is 0 Å². The zero-order chi connectivity index (χ0) is 10.1. The summed E-state index contributed by atoms with van der Waals surface area (Å²) in [7, 11) is 2.05. The summed E-state index contributed by atoms with van der Waals surface area (Å²) >= 11 is 3.54. The molecular formula is C12H16BrN. The van der Waals surface area contributed by atoms with Crippen molar-refractivity contribution in [3.63, 3.8) is 0 Å². The molecule has 0 saturated heterocycles. The van der Waals surface area contributed by atoms with Gasteiger partial charge in [-0.3, -0.25) is 0 Å². The molecule has 1 aromatic rings. The second kappa shape index (κ2) is 4.03. The molecule has 1 aliphatic carbocycles. The van der Waals surface area contributed by atoms with E-state index in [1.807, 2.05) is 7.05 Å². The summed E-state index contributed by atoms with van der Waals surface area (Å²) in [6, 6.07) is 7.20. The van der Waals surface area contributed by atoms with E-state index in [0.29, 0.717) is 12.0 Å². The third kappa shape index (κ3) is 1.73. The maximum absolute atomic E-state index is 3.54. The second-order valence-corrected chi connectivity index (χ2v) is 5.01. The maximum Gasteiger partial charge on any atom is 0.0320 e. The van der Waals surface area contributed by atoms with Gasteiger partial charge in [0, 0.05) is 10.5 Å². The molecule has 1 N–H and O–H groups in total. The Hall–Kier alpha value is -0.340. The predicted octanol–water partition coefficient (Wildman–Crippen LogP) is 3.61. The minimum absolute atomic E-state index is 0.540. The smallest absolute Gasteiger partial charge is 0.0320 e. The van der Waals surface area contributed by atoms with Crippen LogP contribution in [0.2, 0.25) is 0 Å². The zero-order valence-electron chi connectivity index (χ0n) is 8.68. The van der Waals surface area contributed by atoms with Gasteiger partial charge in [-0.05, 0) is 49.1 Å². The lowest BCUT2D eigenvalue weighted by Gasteiger charge is -2.29. The molecular weight excluding hydrogens is 238 g/mol. The Bertz CT molecular complexity index is 335. The van der Waals surface area contributed by atoms with Crippen molar-refractivity contribution >= 4 is 15.9 Å². The molecule has 2 atom stereocenters. The summed E-state index contributed by atoms with van der Waals surface area (Å²) in [5, 5.41) is 3.39. The van der Waals surface area contributed by atoms with E-state index in [2.05, 4.69) is 46.4 Å². The van der Waals surface area contributed by atoms with Gasteiger partial charge in [0.25, 0.3) is 0 Å². The fourth-order valence-corrected chi connectivity index (χ4v) is 2.70. The predicted molar refractivity (Wildman–Crippen MR) is 63.6 cm³/mol. The van der Waals surface area contributed by atoms with E-state index in [4.69, 9.17) is 0 Å². The number of benzene rings is 1. The second-order valence-electron chi connectivity index (χ2n) is 4.09. The molecule has 0 radical (unpaired) electrons. The van der Waals surface area contributed by atoms with Gasteiger partial charge in [0.2, 0.25) is 0 Å². The Morgan fingerprint density at radius 3 is 2.79 bits per heavy atom. The van der Waals surface area contributed by atoms with Crippen LogP contribution in [-0.4, -0.2) is 7.05 Å².